The molecule has 0 saturated carbocycles. The van der Waals surface area contributed by atoms with Crippen molar-refractivity contribution in [3.63, 3.8) is 0 Å². The molecule has 1 aromatic carbocycles. The van der Waals surface area contributed by atoms with Gasteiger partial charge in [0.2, 0.25) is 5.91 Å². The summed E-state index contributed by atoms with van der Waals surface area (Å²) in [6, 6.07) is 8.77. The summed E-state index contributed by atoms with van der Waals surface area (Å²) in [5.74, 6) is 0.713. The van der Waals surface area contributed by atoms with Crippen LogP contribution in [0.5, 0.6) is 0 Å². The monoisotopic (exact) mass is 258 g/mol. The minimum Gasteiger partial charge on any atom is -0.353 e. The van der Waals surface area contributed by atoms with Crippen LogP contribution in [0.2, 0.25) is 0 Å². The minimum atomic E-state index is 0.00547. The number of benzene rings is 1. The van der Waals surface area contributed by atoms with Gasteiger partial charge < -0.3 is 10.6 Å². The summed E-state index contributed by atoms with van der Waals surface area (Å²) in [5, 5.41) is 6.14. The summed E-state index contributed by atoms with van der Waals surface area (Å²) < 4.78 is 0. The molecule has 1 aliphatic rings. The fourth-order valence-corrected chi connectivity index (χ4v) is 2.43. The average Bonchev–Trinajstić information content (AvgIpc) is 2.45. The second-order valence-electron chi connectivity index (χ2n) is 5.03. The van der Waals surface area contributed by atoms with Gasteiger partial charge in [-0.25, -0.2) is 0 Å². The van der Waals surface area contributed by atoms with E-state index in [0.717, 1.165) is 13.1 Å². The van der Waals surface area contributed by atoms with Crippen molar-refractivity contribution >= 4 is 12.0 Å². The Morgan fingerprint density at radius 3 is 2.63 bits per heavy atom. The van der Waals surface area contributed by atoms with Crippen LogP contribution in [0, 0.1) is 0 Å². The number of nitrogens with one attached hydrogen (secondary N) is 2. The molecule has 1 heterocycles. The lowest BCUT2D eigenvalue weighted by molar-refractivity contribution is -0.118. The Bertz CT molecular complexity index is 431. The Morgan fingerprint density at radius 2 is 2.00 bits per heavy atom. The molecule has 102 valence electrons. The Balaban J connectivity index is 1.88. The van der Waals surface area contributed by atoms with Crippen LogP contribution in [0.4, 0.5) is 0 Å². The predicted octanol–water partition coefficient (Wildman–Crippen LogP) is 2.30. The molecule has 2 rings (SSSR count). The molecule has 0 bridgehead atoms. The highest BCUT2D eigenvalue weighted by molar-refractivity contribution is 5.73. The van der Waals surface area contributed by atoms with Crippen LogP contribution in [0.1, 0.15) is 36.8 Å². The van der Waals surface area contributed by atoms with E-state index in [-0.39, 0.29) is 5.91 Å². The molecule has 2 N–H and O–H groups in total. The number of amides is 1. The van der Waals surface area contributed by atoms with Crippen molar-refractivity contribution in [3.05, 3.63) is 41.5 Å². The van der Waals surface area contributed by atoms with E-state index < -0.39 is 0 Å². The Kier molecular flexibility index (Phi) is 5.16. The molecule has 0 radical (unpaired) electrons. The smallest absolute Gasteiger partial charge is 0.217 e. The van der Waals surface area contributed by atoms with Gasteiger partial charge in [-0.2, -0.15) is 0 Å². The minimum absolute atomic E-state index is 0.00547. The highest BCUT2D eigenvalue weighted by atomic mass is 16.1. The highest BCUT2D eigenvalue weighted by Gasteiger charge is 2.14. The molecule has 1 aromatic rings. The topological polar surface area (TPSA) is 41.1 Å². The van der Waals surface area contributed by atoms with Gasteiger partial charge in [0.1, 0.15) is 0 Å². The number of carbonyl (C=O) groups excluding carboxylic acids is 1. The van der Waals surface area contributed by atoms with Crippen molar-refractivity contribution in [1.82, 2.24) is 10.6 Å². The first-order valence-electron chi connectivity index (χ1n) is 6.97. The molecule has 1 aliphatic heterocycles. The standard InChI is InChI=1S/C16H22N2O/c1-13(19)18-10-2-3-14-4-6-15(7-5-14)16-8-11-17-12-9-16/h2-7,16-17H,8-12H2,1H3,(H,18,19). The molecule has 0 atom stereocenters. The summed E-state index contributed by atoms with van der Waals surface area (Å²) in [6.07, 6.45) is 6.48. The van der Waals surface area contributed by atoms with Gasteiger partial charge in [-0.15, -0.1) is 0 Å². The van der Waals surface area contributed by atoms with Gasteiger partial charge in [0, 0.05) is 13.5 Å². The van der Waals surface area contributed by atoms with E-state index in [9.17, 15) is 4.79 Å². The van der Waals surface area contributed by atoms with Crippen LogP contribution in [0.3, 0.4) is 0 Å². The Labute approximate surface area is 115 Å². The lowest BCUT2D eigenvalue weighted by Crippen LogP contribution is -2.26. The van der Waals surface area contributed by atoms with E-state index in [1.165, 1.54) is 30.9 Å². The van der Waals surface area contributed by atoms with E-state index in [1.54, 1.807) is 0 Å². The van der Waals surface area contributed by atoms with Crippen LogP contribution < -0.4 is 10.6 Å². The van der Waals surface area contributed by atoms with Gasteiger partial charge in [-0.3, -0.25) is 4.79 Å². The van der Waals surface area contributed by atoms with Crippen molar-refractivity contribution in [3.8, 4) is 0 Å². The van der Waals surface area contributed by atoms with Crippen molar-refractivity contribution in [1.29, 1.82) is 0 Å². The number of hydrogen-bond acceptors (Lipinski definition) is 2. The molecular formula is C16H22N2O. The fraction of sp³-hybridized carbons (Fsp3) is 0.438. The molecule has 0 spiro atoms. The number of piperidine rings is 1. The van der Waals surface area contributed by atoms with Crippen molar-refractivity contribution in [2.24, 2.45) is 0 Å². The third-order valence-electron chi connectivity index (χ3n) is 3.53. The largest absolute Gasteiger partial charge is 0.353 e. The lowest BCUT2D eigenvalue weighted by Gasteiger charge is -2.22. The van der Waals surface area contributed by atoms with Crippen LogP contribution in [-0.2, 0) is 4.79 Å². The summed E-state index contributed by atoms with van der Waals surface area (Å²) >= 11 is 0. The normalized spacial score (nSPS) is 16.7. The van der Waals surface area contributed by atoms with E-state index in [0.29, 0.717) is 12.5 Å². The molecule has 1 amide bonds. The first-order chi connectivity index (χ1) is 9.25. The number of rotatable bonds is 4. The quantitative estimate of drug-likeness (QED) is 0.870. The van der Waals surface area contributed by atoms with E-state index in [4.69, 9.17) is 0 Å². The molecule has 3 nitrogen and oxygen atoms in total. The van der Waals surface area contributed by atoms with Crippen LogP contribution in [-0.4, -0.2) is 25.5 Å². The van der Waals surface area contributed by atoms with Gasteiger partial charge in [-0.05, 0) is 43.0 Å². The van der Waals surface area contributed by atoms with Crippen LogP contribution in [0.15, 0.2) is 30.3 Å². The zero-order valence-electron chi connectivity index (χ0n) is 11.5. The van der Waals surface area contributed by atoms with Crippen molar-refractivity contribution < 1.29 is 4.79 Å². The van der Waals surface area contributed by atoms with Crippen LogP contribution in [0.25, 0.3) is 6.08 Å². The van der Waals surface area contributed by atoms with Gasteiger partial charge >= 0.3 is 0 Å². The van der Waals surface area contributed by atoms with E-state index in [1.807, 2.05) is 12.2 Å². The molecule has 3 heteroatoms. The third kappa shape index (κ3) is 4.52. The molecule has 0 aromatic heterocycles. The van der Waals surface area contributed by atoms with Crippen molar-refractivity contribution in [2.45, 2.75) is 25.7 Å². The first kappa shape index (κ1) is 13.8. The third-order valence-corrected chi connectivity index (χ3v) is 3.53. The molecule has 0 aliphatic carbocycles. The number of carbonyl (C=O) groups is 1. The van der Waals surface area contributed by atoms with Crippen LogP contribution >= 0.6 is 0 Å². The Hall–Kier alpha value is -1.61. The summed E-state index contributed by atoms with van der Waals surface area (Å²) in [7, 11) is 0. The zero-order chi connectivity index (χ0) is 13.5. The molecule has 0 unspecified atom stereocenters. The summed E-state index contributed by atoms with van der Waals surface area (Å²) in [6.45, 7) is 4.37. The lowest BCUT2D eigenvalue weighted by atomic mass is 9.90. The van der Waals surface area contributed by atoms with Gasteiger partial charge in [0.15, 0.2) is 0 Å². The van der Waals surface area contributed by atoms with Gasteiger partial charge in [-0.1, -0.05) is 36.4 Å². The Morgan fingerprint density at radius 1 is 1.32 bits per heavy atom. The maximum absolute atomic E-state index is 10.7. The molecular weight excluding hydrogens is 236 g/mol. The molecule has 19 heavy (non-hydrogen) atoms. The molecule has 1 fully saturated rings. The first-order valence-corrected chi connectivity index (χ1v) is 6.97. The van der Waals surface area contributed by atoms with Gasteiger partial charge in [0.05, 0.1) is 0 Å². The maximum Gasteiger partial charge on any atom is 0.217 e. The van der Waals surface area contributed by atoms with E-state index in [2.05, 4.69) is 34.9 Å². The maximum atomic E-state index is 10.7. The summed E-state index contributed by atoms with van der Waals surface area (Å²) in [5.41, 5.74) is 2.63. The predicted molar refractivity (Wildman–Crippen MR) is 79.0 cm³/mol. The second-order valence-corrected chi connectivity index (χ2v) is 5.03. The second kappa shape index (κ2) is 7.10. The molecule has 1 saturated heterocycles. The number of hydrogen-bond donors (Lipinski definition) is 2. The zero-order valence-corrected chi connectivity index (χ0v) is 11.5. The average molecular weight is 258 g/mol. The van der Waals surface area contributed by atoms with Crippen molar-refractivity contribution in [2.75, 3.05) is 19.6 Å². The SMILES string of the molecule is CC(=O)NCC=Cc1ccc(C2CCNCC2)cc1. The van der Waals surface area contributed by atoms with E-state index >= 15 is 0 Å². The highest BCUT2D eigenvalue weighted by Crippen LogP contribution is 2.25. The fourth-order valence-electron chi connectivity index (χ4n) is 2.43. The summed E-state index contributed by atoms with van der Waals surface area (Å²) in [4.78, 5) is 10.7. The van der Waals surface area contributed by atoms with Gasteiger partial charge in [0.25, 0.3) is 0 Å².